The molecule has 6 heteroatoms. The third-order valence-corrected chi connectivity index (χ3v) is 1.30. The van der Waals surface area contributed by atoms with Crippen LogP contribution in [0.25, 0.3) is 0 Å². The minimum Gasteiger partial charge on any atom is -0.371 e. The number of nitrogens with two attached hydrogens (primary N) is 1. The van der Waals surface area contributed by atoms with Gasteiger partial charge in [0.05, 0.1) is 0 Å². The van der Waals surface area contributed by atoms with Crippen LogP contribution in [-0.4, -0.2) is 27.9 Å². The van der Waals surface area contributed by atoms with E-state index in [2.05, 4.69) is 15.6 Å². The molecule has 1 rings (SSSR count). The Morgan fingerprint density at radius 1 is 1.73 bits per heavy atom. The molecule has 0 aliphatic rings. The summed E-state index contributed by atoms with van der Waals surface area (Å²) in [4.78, 5) is 10.7. The van der Waals surface area contributed by atoms with Crippen LogP contribution < -0.4 is 11.1 Å². The van der Waals surface area contributed by atoms with Gasteiger partial charge in [-0.15, -0.1) is 5.10 Å². The van der Waals surface area contributed by atoms with E-state index in [-0.39, 0.29) is 5.69 Å². The van der Waals surface area contributed by atoms with Gasteiger partial charge in [0, 0.05) is 14.1 Å². The highest BCUT2D eigenvalue weighted by Crippen LogP contribution is 2.07. The zero-order valence-corrected chi connectivity index (χ0v) is 6.33. The summed E-state index contributed by atoms with van der Waals surface area (Å²) < 4.78 is 1.44. The smallest absolute Gasteiger partial charge is 0.273 e. The van der Waals surface area contributed by atoms with Crippen molar-refractivity contribution >= 4 is 11.7 Å². The van der Waals surface area contributed by atoms with Gasteiger partial charge in [0.25, 0.3) is 5.91 Å². The highest BCUT2D eigenvalue weighted by molar-refractivity contribution is 5.95. The molecule has 1 amide bonds. The molecule has 3 N–H and O–H groups in total. The summed E-state index contributed by atoms with van der Waals surface area (Å²) in [6.07, 6.45) is 0. The molecule has 0 aromatic carbocycles. The average Bonchev–Trinajstić information content (AvgIpc) is 2.30. The minimum absolute atomic E-state index is 0.162. The number of nitrogens with zero attached hydrogens (tertiary/aromatic N) is 3. The predicted molar refractivity (Wildman–Crippen MR) is 39.1 cm³/mol. The van der Waals surface area contributed by atoms with E-state index in [0.29, 0.717) is 5.82 Å². The Morgan fingerprint density at radius 2 is 2.36 bits per heavy atom. The van der Waals surface area contributed by atoms with Crippen LogP contribution in [-0.2, 0) is 7.05 Å². The number of aromatic nitrogens is 3. The number of carbonyl (C=O) groups excluding carboxylic acids is 1. The van der Waals surface area contributed by atoms with E-state index in [0.717, 1.165) is 0 Å². The number of rotatable bonds is 2. The second-order valence-corrected chi connectivity index (χ2v) is 2.02. The Balaban J connectivity index is 3.15. The van der Waals surface area contributed by atoms with Gasteiger partial charge >= 0.3 is 0 Å². The second-order valence-electron chi connectivity index (χ2n) is 2.02. The predicted octanol–water partition coefficient (Wildman–Crippen LogP) is -1.04. The molecule has 0 atom stereocenters. The Labute approximate surface area is 63.4 Å². The van der Waals surface area contributed by atoms with Crippen LogP contribution in [0.1, 0.15) is 10.5 Å². The van der Waals surface area contributed by atoms with Crippen molar-refractivity contribution in [1.29, 1.82) is 0 Å². The monoisotopic (exact) mass is 155 g/mol. The number of hydrogen-bond donors (Lipinski definition) is 2. The van der Waals surface area contributed by atoms with Gasteiger partial charge in [0.15, 0.2) is 11.5 Å². The molecule has 0 aliphatic carbocycles. The fourth-order valence-electron chi connectivity index (χ4n) is 0.803. The number of aryl methyl sites for hydroxylation is 1. The normalized spacial score (nSPS) is 9.64. The molecule has 0 fully saturated rings. The number of primary amides is 1. The quantitative estimate of drug-likeness (QED) is 0.571. The van der Waals surface area contributed by atoms with E-state index in [4.69, 9.17) is 5.73 Å². The minimum atomic E-state index is -0.581. The first kappa shape index (κ1) is 7.52. The SMILES string of the molecule is CNc1c(C(N)=O)nnn1C. The second kappa shape index (κ2) is 2.57. The van der Waals surface area contributed by atoms with Crippen molar-refractivity contribution in [2.45, 2.75) is 0 Å². The van der Waals surface area contributed by atoms with Crippen LogP contribution in [0.15, 0.2) is 0 Å². The van der Waals surface area contributed by atoms with Crippen LogP contribution >= 0.6 is 0 Å². The number of amides is 1. The summed E-state index contributed by atoms with van der Waals surface area (Å²) in [6, 6.07) is 0. The van der Waals surface area contributed by atoms with E-state index in [9.17, 15) is 4.79 Å². The molecule has 0 saturated carbocycles. The first-order valence-corrected chi connectivity index (χ1v) is 3.04. The number of anilines is 1. The van der Waals surface area contributed by atoms with Gasteiger partial charge in [0.1, 0.15) is 0 Å². The Morgan fingerprint density at radius 3 is 2.73 bits per heavy atom. The summed E-state index contributed by atoms with van der Waals surface area (Å²) in [5.41, 5.74) is 5.17. The number of hydrogen-bond acceptors (Lipinski definition) is 4. The molecule has 0 aliphatic heterocycles. The molecule has 0 radical (unpaired) electrons. The van der Waals surface area contributed by atoms with Crippen molar-refractivity contribution in [2.75, 3.05) is 12.4 Å². The maximum atomic E-state index is 10.7. The highest BCUT2D eigenvalue weighted by Gasteiger charge is 2.13. The molecular weight excluding hydrogens is 146 g/mol. The molecule has 1 aromatic heterocycles. The van der Waals surface area contributed by atoms with Crippen LogP contribution in [0.4, 0.5) is 5.82 Å². The molecule has 1 heterocycles. The number of carbonyl (C=O) groups is 1. The summed E-state index contributed by atoms with van der Waals surface area (Å²) in [6.45, 7) is 0. The molecular formula is C5H9N5O. The van der Waals surface area contributed by atoms with Crippen molar-refractivity contribution in [2.24, 2.45) is 12.8 Å². The highest BCUT2D eigenvalue weighted by atomic mass is 16.1. The van der Waals surface area contributed by atoms with Gasteiger partial charge in [-0.3, -0.25) is 4.79 Å². The molecule has 11 heavy (non-hydrogen) atoms. The van der Waals surface area contributed by atoms with Crippen molar-refractivity contribution < 1.29 is 4.79 Å². The lowest BCUT2D eigenvalue weighted by atomic mass is 10.4. The van der Waals surface area contributed by atoms with Crippen molar-refractivity contribution in [1.82, 2.24) is 15.0 Å². The molecule has 0 unspecified atom stereocenters. The molecule has 1 aromatic rings. The van der Waals surface area contributed by atoms with Gasteiger partial charge in [-0.05, 0) is 0 Å². The maximum Gasteiger partial charge on any atom is 0.273 e. The summed E-state index contributed by atoms with van der Waals surface area (Å²) in [5, 5.41) is 9.94. The molecule has 0 saturated heterocycles. The molecule has 0 bridgehead atoms. The third-order valence-electron chi connectivity index (χ3n) is 1.30. The van der Waals surface area contributed by atoms with E-state index < -0.39 is 5.91 Å². The largest absolute Gasteiger partial charge is 0.371 e. The lowest BCUT2D eigenvalue weighted by Gasteiger charge is -1.98. The fourth-order valence-corrected chi connectivity index (χ4v) is 0.803. The Hall–Kier alpha value is -1.59. The van der Waals surface area contributed by atoms with Gasteiger partial charge in [-0.1, -0.05) is 5.21 Å². The summed E-state index contributed by atoms with van der Waals surface area (Å²) in [5.74, 6) is -0.0556. The van der Waals surface area contributed by atoms with E-state index in [1.54, 1.807) is 14.1 Å². The van der Waals surface area contributed by atoms with Crippen LogP contribution in [0.2, 0.25) is 0 Å². The van der Waals surface area contributed by atoms with Crippen LogP contribution in [0.3, 0.4) is 0 Å². The van der Waals surface area contributed by atoms with Gasteiger partial charge in [0.2, 0.25) is 0 Å². The lowest BCUT2D eigenvalue weighted by molar-refractivity contribution is 0.0996. The zero-order valence-electron chi connectivity index (χ0n) is 6.33. The van der Waals surface area contributed by atoms with Gasteiger partial charge < -0.3 is 11.1 Å². The lowest BCUT2D eigenvalue weighted by Crippen LogP contribution is -2.14. The fraction of sp³-hybridized carbons (Fsp3) is 0.400. The van der Waals surface area contributed by atoms with Crippen molar-refractivity contribution in [3.05, 3.63) is 5.69 Å². The standard InChI is InChI=1S/C5H9N5O/c1-7-5-3(4(6)11)8-9-10(5)2/h7H,1-2H3,(H2,6,11). The first-order valence-electron chi connectivity index (χ1n) is 3.04. The third kappa shape index (κ3) is 1.14. The van der Waals surface area contributed by atoms with Crippen molar-refractivity contribution in [3.63, 3.8) is 0 Å². The first-order chi connectivity index (χ1) is 5.16. The zero-order chi connectivity index (χ0) is 8.43. The Bertz CT molecular complexity index is 278. The van der Waals surface area contributed by atoms with Crippen molar-refractivity contribution in [3.8, 4) is 0 Å². The summed E-state index contributed by atoms with van der Waals surface area (Å²) >= 11 is 0. The molecule has 6 nitrogen and oxygen atoms in total. The van der Waals surface area contributed by atoms with Gasteiger partial charge in [-0.25, -0.2) is 4.68 Å². The molecule has 0 spiro atoms. The summed E-state index contributed by atoms with van der Waals surface area (Å²) in [7, 11) is 3.34. The van der Waals surface area contributed by atoms with E-state index in [1.807, 2.05) is 0 Å². The van der Waals surface area contributed by atoms with E-state index in [1.165, 1.54) is 4.68 Å². The van der Waals surface area contributed by atoms with Crippen LogP contribution in [0.5, 0.6) is 0 Å². The van der Waals surface area contributed by atoms with Crippen LogP contribution in [0, 0.1) is 0 Å². The molecule has 60 valence electrons. The number of nitrogens with one attached hydrogen (secondary N) is 1. The van der Waals surface area contributed by atoms with Gasteiger partial charge in [-0.2, -0.15) is 0 Å². The average molecular weight is 155 g/mol. The van der Waals surface area contributed by atoms with E-state index >= 15 is 0 Å². The topological polar surface area (TPSA) is 85.8 Å². The maximum absolute atomic E-state index is 10.7. The Kier molecular flexibility index (Phi) is 1.75.